The Hall–Kier alpha value is -4.17. The molecule has 2 heteroatoms. The largest absolute Gasteiger partial charge is 0.384 e. The molecule has 0 fully saturated rings. The predicted octanol–water partition coefficient (Wildman–Crippen LogP) is 7.66. The van der Waals surface area contributed by atoms with Crippen LogP contribution in [0.3, 0.4) is 0 Å². The Balaban J connectivity index is 1.53. The van der Waals surface area contributed by atoms with E-state index in [1.54, 1.807) is 0 Å². The predicted molar refractivity (Wildman–Crippen MR) is 138 cm³/mol. The third-order valence-electron chi connectivity index (χ3n) is 5.98. The van der Waals surface area contributed by atoms with Crippen molar-refractivity contribution in [1.29, 1.82) is 0 Å². The van der Waals surface area contributed by atoms with E-state index >= 15 is 0 Å². The second-order valence-corrected chi connectivity index (χ2v) is 8.09. The van der Waals surface area contributed by atoms with Gasteiger partial charge in [0.2, 0.25) is 0 Å². The second-order valence-electron chi connectivity index (χ2n) is 8.09. The molecule has 33 heavy (non-hydrogen) atoms. The first-order valence-electron chi connectivity index (χ1n) is 11.3. The first-order valence-corrected chi connectivity index (χ1v) is 11.3. The molecule has 0 amide bonds. The summed E-state index contributed by atoms with van der Waals surface area (Å²) in [4.78, 5) is 4.64. The molecular formula is C31H26N2. The van der Waals surface area contributed by atoms with Gasteiger partial charge >= 0.3 is 0 Å². The first kappa shape index (κ1) is 20.7. The number of rotatable bonds is 7. The fourth-order valence-corrected chi connectivity index (χ4v) is 4.28. The minimum Gasteiger partial charge on any atom is -0.384 e. The third kappa shape index (κ3) is 4.86. The third-order valence-corrected chi connectivity index (χ3v) is 5.98. The van der Waals surface area contributed by atoms with Crippen LogP contribution in [0.2, 0.25) is 0 Å². The lowest BCUT2D eigenvalue weighted by Crippen LogP contribution is -2.15. The quantitative estimate of drug-likeness (QED) is 0.289. The molecule has 1 aromatic heterocycles. The number of aromatic nitrogens is 1. The van der Waals surface area contributed by atoms with Crippen LogP contribution in [0.1, 0.15) is 17.0 Å². The van der Waals surface area contributed by atoms with E-state index in [-0.39, 0.29) is 5.92 Å². The maximum Gasteiger partial charge on any atom is 0.0704 e. The van der Waals surface area contributed by atoms with Crippen LogP contribution >= 0.6 is 0 Å². The van der Waals surface area contributed by atoms with Gasteiger partial charge in [-0.15, -0.1) is 0 Å². The molecule has 5 rings (SSSR count). The van der Waals surface area contributed by atoms with Crippen LogP contribution in [-0.2, 0) is 0 Å². The summed E-state index contributed by atoms with van der Waals surface area (Å²) in [6.45, 7) is 0.790. The Kier molecular flexibility index (Phi) is 6.26. The molecule has 1 heterocycles. The van der Waals surface area contributed by atoms with Gasteiger partial charge in [0, 0.05) is 29.9 Å². The molecule has 0 aliphatic rings. The van der Waals surface area contributed by atoms with Crippen LogP contribution in [0, 0.1) is 0 Å². The zero-order valence-electron chi connectivity index (χ0n) is 18.4. The van der Waals surface area contributed by atoms with Gasteiger partial charge in [0.15, 0.2) is 0 Å². The van der Waals surface area contributed by atoms with Gasteiger partial charge in [0.05, 0.1) is 5.69 Å². The number of hydrogen-bond donors (Lipinski definition) is 1. The summed E-state index contributed by atoms with van der Waals surface area (Å²) in [6.07, 6.45) is 1.86. The summed E-state index contributed by atoms with van der Waals surface area (Å²) in [6, 6.07) is 44.6. The molecule has 160 valence electrons. The van der Waals surface area contributed by atoms with Crippen LogP contribution in [0.4, 0.5) is 5.69 Å². The Morgan fingerprint density at radius 2 is 1.21 bits per heavy atom. The van der Waals surface area contributed by atoms with Crippen molar-refractivity contribution in [3.05, 3.63) is 145 Å². The lowest BCUT2D eigenvalue weighted by Gasteiger charge is -2.22. The summed E-state index contributed by atoms with van der Waals surface area (Å²) in [5.74, 6) is 0.174. The Morgan fingerprint density at radius 3 is 1.94 bits per heavy atom. The molecule has 0 bridgehead atoms. The van der Waals surface area contributed by atoms with Crippen molar-refractivity contribution in [3.63, 3.8) is 0 Å². The van der Waals surface area contributed by atoms with Crippen molar-refractivity contribution >= 4 is 5.69 Å². The van der Waals surface area contributed by atoms with Crippen molar-refractivity contribution in [2.24, 2.45) is 0 Å². The summed E-state index contributed by atoms with van der Waals surface area (Å²) < 4.78 is 0. The molecular weight excluding hydrogens is 400 g/mol. The van der Waals surface area contributed by atoms with Crippen molar-refractivity contribution in [2.45, 2.75) is 5.92 Å². The highest BCUT2D eigenvalue weighted by molar-refractivity contribution is 5.67. The molecule has 0 saturated heterocycles. The number of hydrogen-bond acceptors (Lipinski definition) is 2. The zero-order valence-corrected chi connectivity index (χ0v) is 18.4. The number of para-hydroxylation sites is 1. The Labute approximate surface area is 195 Å². The maximum absolute atomic E-state index is 4.64. The van der Waals surface area contributed by atoms with Gasteiger partial charge in [-0.25, -0.2) is 0 Å². The van der Waals surface area contributed by atoms with Gasteiger partial charge in [-0.2, -0.15) is 0 Å². The van der Waals surface area contributed by atoms with Gasteiger partial charge in [0.1, 0.15) is 0 Å². The summed E-state index contributed by atoms with van der Waals surface area (Å²) >= 11 is 0. The van der Waals surface area contributed by atoms with Crippen molar-refractivity contribution in [2.75, 3.05) is 11.9 Å². The number of benzene rings is 4. The van der Waals surface area contributed by atoms with Gasteiger partial charge < -0.3 is 5.32 Å². The lowest BCUT2D eigenvalue weighted by atomic mass is 9.86. The van der Waals surface area contributed by atoms with Crippen LogP contribution < -0.4 is 5.32 Å². The topological polar surface area (TPSA) is 24.9 Å². The monoisotopic (exact) mass is 426 g/mol. The van der Waals surface area contributed by atoms with Crippen LogP contribution in [0.5, 0.6) is 0 Å². The van der Waals surface area contributed by atoms with Crippen LogP contribution in [-0.4, -0.2) is 11.5 Å². The van der Waals surface area contributed by atoms with Crippen LogP contribution in [0.25, 0.3) is 22.4 Å². The highest BCUT2D eigenvalue weighted by atomic mass is 14.9. The number of nitrogens with zero attached hydrogens (tertiary/aromatic N) is 1. The molecule has 2 nitrogen and oxygen atoms in total. The minimum atomic E-state index is 0.174. The fourth-order valence-electron chi connectivity index (χ4n) is 4.28. The maximum atomic E-state index is 4.64. The molecule has 0 saturated carbocycles. The molecule has 0 spiro atoms. The highest BCUT2D eigenvalue weighted by Crippen LogP contribution is 2.34. The molecule has 4 aromatic carbocycles. The second kappa shape index (κ2) is 9.97. The molecule has 1 N–H and O–H groups in total. The summed E-state index contributed by atoms with van der Waals surface area (Å²) in [7, 11) is 0. The minimum absolute atomic E-state index is 0.174. The van der Waals surface area contributed by atoms with Gasteiger partial charge in [-0.3, -0.25) is 4.98 Å². The standard InChI is InChI=1S/C31H26N2/c1-3-11-24(12-4-1)25-18-20-26(21-19-25)30(23-33-27-13-5-2-6-14-27)28-15-7-8-16-29(28)31-17-9-10-22-32-31/h1-22,30,33H,23H2. The molecule has 1 unspecified atom stereocenters. The molecule has 0 aliphatic carbocycles. The lowest BCUT2D eigenvalue weighted by molar-refractivity contribution is 0.854. The van der Waals surface area contributed by atoms with Crippen molar-refractivity contribution in [1.82, 2.24) is 4.98 Å². The van der Waals surface area contributed by atoms with Gasteiger partial charge in [-0.1, -0.05) is 103 Å². The smallest absolute Gasteiger partial charge is 0.0704 e. The fraction of sp³-hybridized carbons (Fsp3) is 0.0645. The van der Waals surface area contributed by atoms with Gasteiger partial charge in [-0.05, 0) is 46.5 Å². The average Bonchev–Trinajstić information content (AvgIpc) is 2.91. The van der Waals surface area contributed by atoms with E-state index in [1.165, 1.54) is 27.8 Å². The number of nitrogens with one attached hydrogen (secondary N) is 1. The van der Waals surface area contributed by atoms with E-state index in [0.717, 1.165) is 17.9 Å². The van der Waals surface area contributed by atoms with E-state index in [2.05, 4.69) is 119 Å². The molecule has 0 radical (unpaired) electrons. The summed E-state index contributed by atoms with van der Waals surface area (Å²) in [5.41, 5.74) is 8.31. The van der Waals surface area contributed by atoms with Crippen LogP contribution in [0.15, 0.2) is 134 Å². The van der Waals surface area contributed by atoms with Crippen molar-refractivity contribution < 1.29 is 0 Å². The van der Waals surface area contributed by atoms with E-state index in [0.29, 0.717) is 0 Å². The van der Waals surface area contributed by atoms with E-state index < -0.39 is 0 Å². The number of pyridine rings is 1. The zero-order chi connectivity index (χ0) is 22.3. The molecule has 5 aromatic rings. The normalized spacial score (nSPS) is 11.6. The van der Waals surface area contributed by atoms with E-state index in [1.807, 2.05) is 24.4 Å². The Morgan fingerprint density at radius 1 is 0.576 bits per heavy atom. The SMILES string of the molecule is c1ccc(NCC(c2ccc(-c3ccccc3)cc2)c2ccccc2-c2ccccn2)cc1. The van der Waals surface area contributed by atoms with Crippen molar-refractivity contribution in [3.8, 4) is 22.4 Å². The van der Waals surface area contributed by atoms with E-state index in [4.69, 9.17) is 0 Å². The summed E-state index contributed by atoms with van der Waals surface area (Å²) in [5, 5.41) is 3.65. The average molecular weight is 427 g/mol. The van der Waals surface area contributed by atoms with Gasteiger partial charge in [0.25, 0.3) is 0 Å². The number of anilines is 1. The molecule has 0 aliphatic heterocycles. The highest BCUT2D eigenvalue weighted by Gasteiger charge is 2.19. The first-order chi connectivity index (χ1) is 16.4. The van der Waals surface area contributed by atoms with E-state index in [9.17, 15) is 0 Å². The molecule has 1 atom stereocenters. The Bertz CT molecular complexity index is 1280.